The minimum absolute atomic E-state index is 0.000141. The number of fused-ring (bicyclic) bond motifs is 1. The number of carbonyl (C=O) groups excluding carboxylic acids is 1. The van der Waals surface area contributed by atoms with E-state index >= 15 is 0 Å². The Kier molecular flexibility index (Phi) is 4.89. The molecule has 150 valence electrons. The SMILES string of the molecule is Cc1nccn1CCC(=O)N1CC[C@H]2[C@@H](C1)CC(C)(C)N2c1ccc(F)cc1. The minimum Gasteiger partial charge on any atom is -0.363 e. The van der Waals surface area contributed by atoms with Crippen molar-refractivity contribution in [3.05, 3.63) is 48.3 Å². The van der Waals surface area contributed by atoms with E-state index in [1.807, 2.05) is 34.7 Å². The van der Waals surface area contributed by atoms with Crippen LogP contribution in [0.3, 0.4) is 0 Å². The number of likely N-dealkylation sites (tertiary alicyclic amines) is 1. The van der Waals surface area contributed by atoms with Crippen LogP contribution in [0, 0.1) is 18.7 Å². The first-order valence-corrected chi connectivity index (χ1v) is 10.2. The zero-order valence-electron chi connectivity index (χ0n) is 16.9. The fourth-order valence-electron chi connectivity index (χ4n) is 5.13. The van der Waals surface area contributed by atoms with E-state index < -0.39 is 0 Å². The number of benzene rings is 1. The number of imidazole rings is 1. The smallest absolute Gasteiger partial charge is 0.224 e. The lowest BCUT2D eigenvalue weighted by Gasteiger charge is -2.42. The maximum atomic E-state index is 13.4. The zero-order valence-corrected chi connectivity index (χ0v) is 16.9. The van der Waals surface area contributed by atoms with Gasteiger partial charge in [0.05, 0.1) is 0 Å². The highest BCUT2D eigenvalue weighted by Gasteiger charge is 2.48. The number of aryl methyl sites for hydroxylation is 2. The van der Waals surface area contributed by atoms with Crippen LogP contribution in [0.1, 0.15) is 38.9 Å². The second-order valence-corrected chi connectivity index (χ2v) is 8.74. The highest BCUT2D eigenvalue weighted by atomic mass is 19.1. The highest BCUT2D eigenvalue weighted by molar-refractivity contribution is 5.76. The van der Waals surface area contributed by atoms with Gasteiger partial charge in [-0.05, 0) is 63.8 Å². The Morgan fingerprint density at radius 3 is 2.71 bits per heavy atom. The summed E-state index contributed by atoms with van der Waals surface area (Å²) >= 11 is 0. The standard InChI is InChI=1S/C22H29FN4O/c1-16-24-10-13-25(16)12-9-21(28)26-11-8-20-17(15-26)14-22(2,3)27(20)19-6-4-18(23)5-7-19/h4-7,10,13,17,20H,8-9,11-12,14-15H2,1-3H3/t17-,20+/m1/s1. The first-order valence-electron chi connectivity index (χ1n) is 10.2. The van der Waals surface area contributed by atoms with Gasteiger partial charge in [0.1, 0.15) is 11.6 Å². The molecule has 5 nitrogen and oxygen atoms in total. The summed E-state index contributed by atoms with van der Waals surface area (Å²) in [6.07, 6.45) is 6.21. The third-order valence-electron chi connectivity index (χ3n) is 6.39. The fourth-order valence-corrected chi connectivity index (χ4v) is 5.13. The van der Waals surface area contributed by atoms with E-state index in [1.165, 1.54) is 12.1 Å². The normalized spacial score (nSPS) is 23.7. The number of nitrogens with zero attached hydrogens (tertiary/aromatic N) is 4. The molecule has 6 heteroatoms. The van der Waals surface area contributed by atoms with Crippen LogP contribution in [0.2, 0.25) is 0 Å². The number of hydrogen-bond donors (Lipinski definition) is 0. The number of piperidine rings is 1. The molecule has 0 unspecified atom stereocenters. The van der Waals surface area contributed by atoms with Crippen molar-refractivity contribution in [1.29, 1.82) is 0 Å². The van der Waals surface area contributed by atoms with Gasteiger partial charge in [-0.1, -0.05) is 0 Å². The van der Waals surface area contributed by atoms with Gasteiger partial charge in [-0.3, -0.25) is 4.79 Å². The lowest BCUT2D eigenvalue weighted by molar-refractivity contribution is -0.133. The molecule has 28 heavy (non-hydrogen) atoms. The Hall–Kier alpha value is -2.37. The predicted molar refractivity (Wildman–Crippen MR) is 108 cm³/mol. The number of amides is 1. The molecule has 2 saturated heterocycles. The number of anilines is 1. The summed E-state index contributed by atoms with van der Waals surface area (Å²) in [4.78, 5) is 21.5. The van der Waals surface area contributed by atoms with E-state index in [1.54, 1.807) is 6.20 Å². The van der Waals surface area contributed by atoms with E-state index in [2.05, 4.69) is 23.7 Å². The van der Waals surface area contributed by atoms with Gasteiger partial charge in [-0.2, -0.15) is 0 Å². The Balaban J connectivity index is 1.42. The Bertz CT molecular complexity index is 844. The van der Waals surface area contributed by atoms with E-state index in [0.29, 0.717) is 24.9 Å². The lowest BCUT2D eigenvalue weighted by atomic mass is 9.89. The molecule has 0 spiro atoms. The van der Waals surface area contributed by atoms with Gasteiger partial charge in [0.15, 0.2) is 0 Å². The quantitative estimate of drug-likeness (QED) is 0.808. The number of aromatic nitrogens is 2. The van der Waals surface area contributed by atoms with Crippen LogP contribution in [-0.4, -0.2) is 45.0 Å². The third-order valence-corrected chi connectivity index (χ3v) is 6.39. The first kappa shape index (κ1) is 19.0. The van der Waals surface area contributed by atoms with Crippen molar-refractivity contribution in [1.82, 2.24) is 14.5 Å². The zero-order chi connectivity index (χ0) is 19.9. The van der Waals surface area contributed by atoms with Gasteiger partial charge in [0, 0.05) is 55.7 Å². The molecular formula is C22H29FN4O. The van der Waals surface area contributed by atoms with Gasteiger partial charge < -0.3 is 14.4 Å². The third kappa shape index (κ3) is 3.52. The van der Waals surface area contributed by atoms with Gasteiger partial charge in [-0.25, -0.2) is 9.37 Å². The molecule has 1 aromatic heterocycles. The van der Waals surface area contributed by atoms with Crippen molar-refractivity contribution in [3.8, 4) is 0 Å². The molecule has 2 aromatic rings. The van der Waals surface area contributed by atoms with Gasteiger partial charge in [-0.15, -0.1) is 0 Å². The number of halogens is 1. The largest absolute Gasteiger partial charge is 0.363 e. The van der Waals surface area contributed by atoms with Crippen molar-refractivity contribution < 1.29 is 9.18 Å². The molecule has 2 fully saturated rings. The Morgan fingerprint density at radius 2 is 2.04 bits per heavy atom. The fraction of sp³-hybridized carbons (Fsp3) is 0.545. The lowest BCUT2D eigenvalue weighted by Crippen LogP contribution is -2.50. The molecule has 0 radical (unpaired) electrons. The van der Waals surface area contributed by atoms with Crippen LogP contribution in [0.15, 0.2) is 36.7 Å². The molecule has 3 heterocycles. The van der Waals surface area contributed by atoms with Crippen molar-refractivity contribution >= 4 is 11.6 Å². The summed E-state index contributed by atoms with van der Waals surface area (Å²) in [5.74, 6) is 1.42. The number of carbonyl (C=O) groups is 1. The van der Waals surface area contributed by atoms with Crippen LogP contribution in [0.5, 0.6) is 0 Å². The topological polar surface area (TPSA) is 41.4 Å². The Morgan fingerprint density at radius 1 is 1.29 bits per heavy atom. The van der Waals surface area contributed by atoms with Crippen LogP contribution in [0.4, 0.5) is 10.1 Å². The van der Waals surface area contributed by atoms with Crippen LogP contribution < -0.4 is 4.90 Å². The van der Waals surface area contributed by atoms with Crippen molar-refractivity contribution in [2.75, 3.05) is 18.0 Å². The predicted octanol–water partition coefficient (Wildman–Crippen LogP) is 3.63. The van der Waals surface area contributed by atoms with Gasteiger partial charge in [0.2, 0.25) is 5.91 Å². The second-order valence-electron chi connectivity index (χ2n) is 8.74. The average molecular weight is 384 g/mol. The van der Waals surface area contributed by atoms with Gasteiger partial charge >= 0.3 is 0 Å². The summed E-state index contributed by atoms with van der Waals surface area (Å²) < 4.78 is 15.4. The van der Waals surface area contributed by atoms with Gasteiger partial charge in [0.25, 0.3) is 0 Å². The van der Waals surface area contributed by atoms with Crippen LogP contribution in [0.25, 0.3) is 0 Å². The first-order chi connectivity index (χ1) is 13.3. The maximum Gasteiger partial charge on any atom is 0.224 e. The second kappa shape index (κ2) is 7.22. The van der Waals surface area contributed by atoms with Crippen molar-refractivity contribution in [2.45, 2.75) is 58.2 Å². The number of hydrogen-bond acceptors (Lipinski definition) is 3. The Labute approximate surface area is 166 Å². The average Bonchev–Trinajstić information content (AvgIpc) is 3.18. The minimum atomic E-state index is -0.203. The molecule has 4 rings (SSSR count). The molecule has 0 saturated carbocycles. The molecule has 1 aromatic carbocycles. The monoisotopic (exact) mass is 384 g/mol. The molecule has 0 N–H and O–H groups in total. The number of rotatable bonds is 4. The summed E-state index contributed by atoms with van der Waals surface area (Å²) in [7, 11) is 0. The van der Waals surface area contributed by atoms with Crippen LogP contribution in [-0.2, 0) is 11.3 Å². The van der Waals surface area contributed by atoms with E-state index in [0.717, 1.165) is 37.4 Å². The molecule has 0 aliphatic carbocycles. The summed E-state index contributed by atoms with van der Waals surface area (Å²) in [5.41, 5.74) is 1.08. The molecule has 2 atom stereocenters. The van der Waals surface area contributed by atoms with E-state index in [4.69, 9.17) is 0 Å². The van der Waals surface area contributed by atoms with E-state index in [-0.39, 0.29) is 17.3 Å². The highest BCUT2D eigenvalue weighted by Crippen LogP contribution is 2.44. The van der Waals surface area contributed by atoms with Crippen LogP contribution >= 0.6 is 0 Å². The maximum absolute atomic E-state index is 13.4. The molecule has 1 amide bonds. The summed E-state index contributed by atoms with van der Waals surface area (Å²) in [6.45, 7) is 8.75. The summed E-state index contributed by atoms with van der Waals surface area (Å²) in [6, 6.07) is 7.24. The molecule has 0 bridgehead atoms. The van der Waals surface area contributed by atoms with Crippen molar-refractivity contribution in [3.63, 3.8) is 0 Å². The molecule has 2 aliphatic heterocycles. The molecular weight excluding hydrogens is 355 g/mol. The van der Waals surface area contributed by atoms with E-state index in [9.17, 15) is 9.18 Å². The summed E-state index contributed by atoms with van der Waals surface area (Å²) in [5, 5.41) is 0. The molecule has 2 aliphatic rings. The van der Waals surface area contributed by atoms with Crippen molar-refractivity contribution in [2.24, 2.45) is 5.92 Å².